The molecule has 5 rings (SSSR count). The number of carbonyl (C=O) groups excluding carboxylic acids is 4. The first-order valence-electron chi connectivity index (χ1n) is 11.2. The van der Waals surface area contributed by atoms with E-state index >= 15 is 0 Å². The van der Waals surface area contributed by atoms with Crippen molar-refractivity contribution >= 4 is 46.6 Å². The summed E-state index contributed by atoms with van der Waals surface area (Å²) in [5.74, 6) is -1.58. The van der Waals surface area contributed by atoms with Gasteiger partial charge in [0.05, 0.1) is 22.6 Å². The van der Waals surface area contributed by atoms with Gasteiger partial charge in [0.1, 0.15) is 5.69 Å². The highest BCUT2D eigenvalue weighted by Crippen LogP contribution is 2.31. The first-order chi connectivity index (χ1) is 16.9. The quantitative estimate of drug-likeness (QED) is 0.530. The lowest BCUT2D eigenvalue weighted by Crippen LogP contribution is -2.46. The highest BCUT2D eigenvalue weighted by Gasteiger charge is 2.37. The van der Waals surface area contributed by atoms with Gasteiger partial charge in [0.25, 0.3) is 17.7 Å². The van der Waals surface area contributed by atoms with Gasteiger partial charge >= 0.3 is 0 Å². The fraction of sp³-hybridized carbons (Fsp3) is 0.240. The van der Waals surface area contributed by atoms with E-state index in [2.05, 4.69) is 10.4 Å². The smallest absolute Gasteiger partial charge is 0.289 e. The Kier molecular flexibility index (Phi) is 6.36. The number of carbonyl (C=O) groups is 4. The molecule has 3 aromatic rings. The molecule has 1 fully saturated rings. The van der Waals surface area contributed by atoms with Gasteiger partial charge in [-0.05, 0) is 36.6 Å². The van der Waals surface area contributed by atoms with Gasteiger partial charge in [-0.2, -0.15) is 5.01 Å². The SMILES string of the molecule is O=C(NN1C(=O)c2ccccc2C1=O)c1csc(C2CCN(C(=O)Cc3ccccc3Cl)CC2)n1. The number of halogens is 1. The van der Waals surface area contributed by atoms with Crippen LogP contribution in [0.15, 0.2) is 53.9 Å². The fourth-order valence-electron chi connectivity index (χ4n) is 4.32. The molecule has 2 aromatic carbocycles. The van der Waals surface area contributed by atoms with Crippen LogP contribution >= 0.6 is 22.9 Å². The van der Waals surface area contributed by atoms with Crippen LogP contribution in [-0.2, 0) is 11.2 Å². The van der Waals surface area contributed by atoms with Gasteiger partial charge in [-0.1, -0.05) is 41.9 Å². The summed E-state index contributed by atoms with van der Waals surface area (Å²) in [7, 11) is 0. The molecule has 8 nitrogen and oxygen atoms in total. The second-order valence-corrected chi connectivity index (χ2v) is 9.72. The van der Waals surface area contributed by atoms with Crippen molar-refractivity contribution < 1.29 is 19.2 Å². The van der Waals surface area contributed by atoms with Crippen LogP contribution < -0.4 is 5.43 Å². The van der Waals surface area contributed by atoms with Crippen LogP contribution in [0, 0.1) is 0 Å². The molecular formula is C25H21ClN4O4S. The normalized spacial score (nSPS) is 15.9. The maximum absolute atomic E-state index is 12.7. The zero-order chi connectivity index (χ0) is 24.5. The van der Waals surface area contributed by atoms with Crippen molar-refractivity contribution in [2.45, 2.75) is 25.2 Å². The second-order valence-electron chi connectivity index (χ2n) is 8.43. The van der Waals surface area contributed by atoms with E-state index in [0.29, 0.717) is 18.1 Å². The lowest BCUT2D eigenvalue weighted by atomic mass is 9.97. The van der Waals surface area contributed by atoms with Crippen molar-refractivity contribution in [1.29, 1.82) is 0 Å². The van der Waals surface area contributed by atoms with E-state index in [0.717, 1.165) is 28.4 Å². The average Bonchev–Trinajstić information content (AvgIpc) is 3.46. The number of thiazole rings is 1. The molecule has 3 heterocycles. The zero-order valence-corrected chi connectivity index (χ0v) is 20.1. The number of amides is 4. The van der Waals surface area contributed by atoms with E-state index < -0.39 is 17.7 Å². The van der Waals surface area contributed by atoms with Crippen LogP contribution in [0.25, 0.3) is 0 Å². The largest absolute Gasteiger partial charge is 0.342 e. The number of nitrogens with zero attached hydrogens (tertiary/aromatic N) is 3. The summed E-state index contributed by atoms with van der Waals surface area (Å²) in [4.78, 5) is 56.7. The number of nitrogens with one attached hydrogen (secondary N) is 1. The van der Waals surface area contributed by atoms with Crippen molar-refractivity contribution in [3.63, 3.8) is 0 Å². The lowest BCUT2D eigenvalue weighted by molar-refractivity contribution is -0.131. The molecule has 1 N–H and O–H groups in total. The zero-order valence-electron chi connectivity index (χ0n) is 18.6. The number of fused-ring (bicyclic) bond motifs is 1. The Morgan fingerprint density at radius 1 is 1.00 bits per heavy atom. The van der Waals surface area contributed by atoms with Crippen molar-refractivity contribution in [1.82, 2.24) is 20.3 Å². The Balaban J connectivity index is 1.17. The number of rotatable bonds is 5. The van der Waals surface area contributed by atoms with Crippen molar-refractivity contribution in [2.75, 3.05) is 13.1 Å². The minimum absolute atomic E-state index is 0.0386. The van der Waals surface area contributed by atoms with Gasteiger partial charge in [0.2, 0.25) is 5.91 Å². The monoisotopic (exact) mass is 508 g/mol. The van der Waals surface area contributed by atoms with Crippen LogP contribution in [0.3, 0.4) is 0 Å². The molecule has 0 saturated carbocycles. The summed E-state index contributed by atoms with van der Waals surface area (Å²) in [6.07, 6.45) is 1.74. The number of imide groups is 1. The summed E-state index contributed by atoms with van der Waals surface area (Å²) in [5, 5.41) is 3.74. The number of benzene rings is 2. The number of hydrazine groups is 1. The predicted molar refractivity (Wildman–Crippen MR) is 130 cm³/mol. The summed E-state index contributed by atoms with van der Waals surface area (Å²) >= 11 is 7.54. The number of hydrogen-bond donors (Lipinski definition) is 1. The minimum atomic E-state index is -0.616. The number of piperidine rings is 1. The van der Waals surface area contributed by atoms with Crippen LogP contribution in [0.4, 0.5) is 0 Å². The van der Waals surface area contributed by atoms with Crippen LogP contribution in [0.5, 0.6) is 0 Å². The third-order valence-electron chi connectivity index (χ3n) is 6.26. The van der Waals surface area contributed by atoms with E-state index in [4.69, 9.17) is 11.6 Å². The Morgan fingerprint density at radius 3 is 2.29 bits per heavy atom. The summed E-state index contributed by atoms with van der Waals surface area (Å²) in [5.41, 5.74) is 3.86. The van der Waals surface area contributed by atoms with E-state index in [9.17, 15) is 19.2 Å². The van der Waals surface area contributed by atoms with Gasteiger partial charge in [0, 0.05) is 29.4 Å². The van der Waals surface area contributed by atoms with Gasteiger partial charge in [-0.25, -0.2) is 4.98 Å². The maximum Gasteiger partial charge on any atom is 0.289 e. The van der Waals surface area contributed by atoms with Crippen LogP contribution in [-0.4, -0.2) is 51.6 Å². The first kappa shape index (κ1) is 23.2. The van der Waals surface area contributed by atoms with Gasteiger partial charge in [0.15, 0.2) is 0 Å². The Hall–Kier alpha value is -3.56. The number of aromatic nitrogens is 1. The van der Waals surface area contributed by atoms with E-state index in [-0.39, 0.29) is 35.1 Å². The maximum atomic E-state index is 12.7. The molecule has 1 saturated heterocycles. The summed E-state index contributed by atoms with van der Waals surface area (Å²) in [6, 6.07) is 13.8. The van der Waals surface area contributed by atoms with E-state index in [1.165, 1.54) is 11.3 Å². The van der Waals surface area contributed by atoms with E-state index in [1.807, 2.05) is 23.1 Å². The molecule has 1 aromatic heterocycles. The molecular weight excluding hydrogens is 488 g/mol. The fourth-order valence-corrected chi connectivity index (χ4v) is 5.50. The average molecular weight is 509 g/mol. The molecule has 4 amide bonds. The molecule has 0 spiro atoms. The van der Waals surface area contributed by atoms with Crippen molar-refractivity contribution in [3.05, 3.63) is 86.3 Å². The molecule has 0 aliphatic carbocycles. The number of likely N-dealkylation sites (tertiary alicyclic amines) is 1. The molecule has 0 radical (unpaired) electrons. The van der Waals surface area contributed by atoms with Crippen LogP contribution in [0.1, 0.15) is 60.5 Å². The van der Waals surface area contributed by atoms with Crippen molar-refractivity contribution in [2.24, 2.45) is 0 Å². The van der Waals surface area contributed by atoms with Crippen LogP contribution in [0.2, 0.25) is 5.02 Å². The second kappa shape index (κ2) is 9.59. The summed E-state index contributed by atoms with van der Waals surface area (Å²) in [6.45, 7) is 1.20. The predicted octanol–water partition coefficient (Wildman–Crippen LogP) is 3.69. The highest BCUT2D eigenvalue weighted by atomic mass is 35.5. The molecule has 0 atom stereocenters. The molecule has 2 aliphatic rings. The molecule has 35 heavy (non-hydrogen) atoms. The minimum Gasteiger partial charge on any atom is -0.342 e. The summed E-state index contributed by atoms with van der Waals surface area (Å²) < 4.78 is 0. The topological polar surface area (TPSA) is 99.7 Å². The van der Waals surface area contributed by atoms with E-state index in [1.54, 1.807) is 35.7 Å². The standard InChI is InChI=1S/C25H21ClN4O4S/c26-19-8-4-1-5-16(19)13-21(31)29-11-9-15(10-12-29)23-27-20(14-35-23)22(32)28-30-24(33)17-6-2-3-7-18(17)25(30)34/h1-8,14-15H,9-13H2,(H,28,32). The Bertz CT molecular complexity index is 1300. The molecule has 0 unspecified atom stereocenters. The third kappa shape index (κ3) is 4.56. The molecule has 2 aliphatic heterocycles. The lowest BCUT2D eigenvalue weighted by Gasteiger charge is -2.31. The Labute approximate surface area is 210 Å². The van der Waals surface area contributed by atoms with Crippen molar-refractivity contribution in [3.8, 4) is 0 Å². The van der Waals surface area contributed by atoms with Gasteiger partial charge < -0.3 is 4.90 Å². The molecule has 0 bridgehead atoms. The Morgan fingerprint density at radius 2 is 1.63 bits per heavy atom. The first-order valence-corrected chi connectivity index (χ1v) is 12.4. The van der Waals surface area contributed by atoms with Gasteiger partial charge in [-0.15, -0.1) is 11.3 Å². The third-order valence-corrected chi connectivity index (χ3v) is 7.63. The highest BCUT2D eigenvalue weighted by molar-refractivity contribution is 7.09. The van der Waals surface area contributed by atoms with Gasteiger partial charge in [-0.3, -0.25) is 24.6 Å². The molecule has 178 valence electrons. The molecule has 10 heteroatoms. The number of hydrogen-bond acceptors (Lipinski definition) is 6.